The Kier molecular flexibility index (Phi) is 4.56. The molecule has 0 amide bonds. The van der Waals surface area contributed by atoms with Gasteiger partial charge in [-0.15, -0.1) is 10.2 Å². The zero-order valence-corrected chi connectivity index (χ0v) is 7.63. The number of nitrogens with one attached hydrogen (secondary N) is 1. The molecule has 0 saturated carbocycles. The van der Waals surface area contributed by atoms with E-state index in [2.05, 4.69) is 10.5 Å². The van der Waals surface area contributed by atoms with Crippen LogP contribution in [0.3, 0.4) is 0 Å². The molecule has 0 atom stereocenters. The number of hydrazine groups is 2. The van der Waals surface area contributed by atoms with E-state index in [1.807, 2.05) is 27.9 Å². The molecule has 5 nitrogen and oxygen atoms in total. The van der Waals surface area contributed by atoms with E-state index in [4.69, 9.17) is 5.73 Å². The van der Waals surface area contributed by atoms with E-state index >= 15 is 0 Å². The van der Waals surface area contributed by atoms with Crippen molar-refractivity contribution in [2.45, 2.75) is 13.8 Å². The van der Waals surface area contributed by atoms with E-state index in [1.165, 1.54) is 0 Å². The number of rotatable bonds is 1. The van der Waals surface area contributed by atoms with Crippen molar-refractivity contribution in [1.82, 2.24) is 15.7 Å². The maximum atomic E-state index is 5.31. The van der Waals surface area contributed by atoms with E-state index in [1.54, 1.807) is 10.2 Å². The van der Waals surface area contributed by atoms with Gasteiger partial charge in [0.15, 0.2) is 5.84 Å². The van der Waals surface area contributed by atoms with Crippen LogP contribution in [0, 0.1) is 0 Å². The van der Waals surface area contributed by atoms with Gasteiger partial charge in [0.2, 0.25) is 0 Å². The van der Waals surface area contributed by atoms with Crippen molar-refractivity contribution in [3.05, 3.63) is 0 Å². The second kappa shape index (κ2) is 4.92. The number of hydrogen-bond acceptors (Lipinski definition) is 5. The van der Waals surface area contributed by atoms with Gasteiger partial charge in [-0.05, 0) is 0 Å². The minimum Gasteiger partial charge on any atom is -0.324 e. The molecule has 0 fully saturated rings. The molecule has 0 unspecified atom stereocenters. The Morgan fingerprint density at radius 2 is 2.00 bits per heavy atom. The van der Waals surface area contributed by atoms with Crippen LogP contribution in [0.1, 0.15) is 13.8 Å². The normalized spacial score (nSPS) is 16.8. The third-order valence-corrected chi connectivity index (χ3v) is 1.18. The molecule has 0 aromatic heterocycles. The largest absolute Gasteiger partial charge is 0.324 e. The molecule has 5 heteroatoms. The molecular formula is C6H17N5. The van der Waals surface area contributed by atoms with Crippen LogP contribution < -0.4 is 11.2 Å². The molecule has 66 valence electrons. The van der Waals surface area contributed by atoms with Crippen LogP contribution in [-0.4, -0.2) is 36.7 Å². The van der Waals surface area contributed by atoms with Crippen molar-refractivity contribution in [3.8, 4) is 0 Å². The lowest BCUT2D eigenvalue weighted by molar-refractivity contribution is 0.0274. The Balaban J connectivity index is 0.000000461. The second-order valence-corrected chi connectivity index (χ2v) is 1.88. The average molecular weight is 159 g/mol. The van der Waals surface area contributed by atoms with Gasteiger partial charge in [-0.1, -0.05) is 13.8 Å². The molecule has 0 radical (unpaired) electrons. The first kappa shape index (κ1) is 10.2. The lowest BCUT2D eigenvalue weighted by atomic mass is 10.6. The zero-order chi connectivity index (χ0) is 8.85. The molecule has 0 aliphatic carbocycles. The van der Waals surface area contributed by atoms with Crippen LogP contribution in [0.25, 0.3) is 0 Å². The van der Waals surface area contributed by atoms with Crippen molar-refractivity contribution in [3.63, 3.8) is 0 Å². The Hall–Kier alpha value is -0.810. The van der Waals surface area contributed by atoms with Crippen molar-refractivity contribution in [2.75, 3.05) is 20.6 Å². The molecule has 1 rings (SSSR count). The Morgan fingerprint density at radius 1 is 1.45 bits per heavy atom. The summed E-state index contributed by atoms with van der Waals surface area (Å²) in [5.41, 5.74) is 8.25. The third-order valence-electron chi connectivity index (χ3n) is 1.18. The first-order chi connectivity index (χ1) is 5.24. The smallest absolute Gasteiger partial charge is 0.153 e. The van der Waals surface area contributed by atoms with E-state index in [-0.39, 0.29) is 0 Å². The van der Waals surface area contributed by atoms with Crippen LogP contribution in [0.4, 0.5) is 0 Å². The van der Waals surface area contributed by atoms with E-state index in [9.17, 15) is 0 Å². The van der Waals surface area contributed by atoms with Crippen molar-refractivity contribution >= 4 is 5.84 Å². The monoisotopic (exact) mass is 159 g/mol. The molecule has 1 aliphatic rings. The lowest BCUT2D eigenvalue weighted by Gasteiger charge is -2.16. The maximum absolute atomic E-state index is 5.31. The van der Waals surface area contributed by atoms with E-state index in [0.717, 1.165) is 5.84 Å². The summed E-state index contributed by atoms with van der Waals surface area (Å²) in [6.45, 7) is 4.45. The predicted molar refractivity (Wildman–Crippen MR) is 46.5 cm³/mol. The molecular weight excluding hydrogens is 142 g/mol. The number of nitrogens with two attached hydrogens (primary N) is 1. The Labute approximate surface area is 67.8 Å². The second-order valence-electron chi connectivity index (χ2n) is 1.88. The topological polar surface area (TPSA) is 56.9 Å². The van der Waals surface area contributed by atoms with Crippen LogP contribution in [-0.2, 0) is 0 Å². The molecule has 0 aromatic rings. The van der Waals surface area contributed by atoms with Crippen molar-refractivity contribution in [1.29, 1.82) is 0 Å². The van der Waals surface area contributed by atoms with Crippen LogP contribution in [0.15, 0.2) is 5.10 Å². The van der Waals surface area contributed by atoms with Gasteiger partial charge in [0.05, 0.1) is 6.54 Å². The Bertz CT molecular complexity index is 133. The number of hydrazone groups is 1. The number of hydrogen-bond donors (Lipinski definition) is 2. The summed E-state index contributed by atoms with van der Waals surface area (Å²) in [6, 6.07) is 0. The van der Waals surface area contributed by atoms with Crippen molar-refractivity contribution in [2.24, 2.45) is 10.8 Å². The predicted octanol–water partition coefficient (Wildman–Crippen LogP) is -0.418. The van der Waals surface area contributed by atoms with Gasteiger partial charge in [-0.3, -0.25) is 5.43 Å². The number of amidine groups is 1. The SMILES string of the molecule is CC.CN1N=C(CN)NN1C. The first-order valence-corrected chi connectivity index (χ1v) is 3.75. The summed E-state index contributed by atoms with van der Waals surface area (Å²) >= 11 is 0. The summed E-state index contributed by atoms with van der Waals surface area (Å²) in [7, 11) is 3.71. The third kappa shape index (κ3) is 2.73. The molecule has 11 heavy (non-hydrogen) atoms. The van der Waals surface area contributed by atoms with Crippen LogP contribution in [0.2, 0.25) is 0 Å². The lowest BCUT2D eigenvalue weighted by Crippen LogP contribution is -2.40. The van der Waals surface area contributed by atoms with Gasteiger partial charge in [0.1, 0.15) is 0 Å². The zero-order valence-electron chi connectivity index (χ0n) is 7.63. The molecule has 3 N–H and O–H groups in total. The quantitative estimate of drug-likeness (QED) is 0.545. The molecule has 0 bridgehead atoms. The standard InChI is InChI=1S/C4H11N5.C2H6/c1-8-6-4(3-5)7-9(8)2;1-2/h3,5H2,1-2H3,(H,6,7);1-2H3. The van der Waals surface area contributed by atoms with Gasteiger partial charge in [0.25, 0.3) is 0 Å². The fraction of sp³-hybridized carbons (Fsp3) is 0.833. The van der Waals surface area contributed by atoms with E-state index < -0.39 is 0 Å². The summed E-state index contributed by atoms with van der Waals surface area (Å²) in [5.74, 6) is 0.792. The maximum Gasteiger partial charge on any atom is 0.153 e. The molecule has 0 aromatic carbocycles. The fourth-order valence-electron chi connectivity index (χ4n) is 0.610. The van der Waals surface area contributed by atoms with Gasteiger partial charge in [-0.25, -0.2) is 5.12 Å². The minimum atomic E-state index is 0.453. The minimum absolute atomic E-state index is 0.453. The Morgan fingerprint density at radius 3 is 2.18 bits per heavy atom. The summed E-state index contributed by atoms with van der Waals surface area (Å²) in [5, 5.41) is 7.46. The number of nitrogens with zero attached hydrogens (tertiary/aromatic N) is 3. The highest BCUT2D eigenvalue weighted by Gasteiger charge is 2.12. The molecule has 1 aliphatic heterocycles. The summed E-state index contributed by atoms with van der Waals surface area (Å²) < 4.78 is 0. The highest BCUT2D eigenvalue weighted by molar-refractivity contribution is 5.83. The van der Waals surface area contributed by atoms with Gasteiger partial charge in [0, 0.05) is 14.1 Å². The van der Waals surface area contributed by atoms with Crippen molar-refractivity contribution < 1.29 is 0 Å². The highest BCUT2D eigenvalue weighted by Crippen LogP contribution is 1.94. The molecule has 1 heterocycles. The average Bonchev–Trinajstić information content (AvgIpc) is 2.36. The van der Waals surface area contributed by atoms with Gasteiger partial charge in [-0.2, -0.15) is 0 Å². The van der Waals surface area contributed by atoms with Crippen LogP contribution in [0.5, 0.6) is 0 Å². The molecule has 0 spiro atoms. The van der Waals surface area contributed by atoms with Gasteiger partial charge >= 0.3 is 0 Å². The first-order valence-electron chi connectivity index (χ1n) is 3.75. The summed E-state index contributed by atoms with van der Waals surface area (Å²) in [6.07, 6.45) is 0. The summed E-state index contributed by atoms with van der Waals surface area (Å²) in [4.78, 5) is 0. The van der Waals surface area contributed by atoms with E-state index in [0.29, 0.717) is 6.54 Å². The van der Waals surface area contributed by atoms with Gasteiger partial charge < -0.3 is 5.73 Å². The molecule has 0 saturated heterocycles. The van der Waals surface area contributed by atoms with Crippen LogP contribution >= 0.6 is 0 Å². The fourth-order valence-corrected chi connectivity index (χ4v) is 0.610. The highest BCUT2D eigenvalue weighted by atomic mass is 15.9.